The van der Waals surface area contributed by atoms with Crippen molar-refractivity contribution in [2.24, 2.45) is 5.10 Å². The van der Waals surface area contributed by atoms with E-state index in [-0.39, 0.29) is 17.7 Å². The number of pyridine rings is 1. The van der Waals surface area contributed by atoms with Crippen LogP contribution in [0.4, 0.5) is 0 Å². The molecular weight excluding hydrogens is 442 g/mol. The second-order valence-corrected chi connectivity index (χ2v) is 8.08. The Morgan fingerprint density at radius 1 is 1.15 bits per heavy atom. The van der Waals surface area contributed by atoms with E-state index in [0.717, 1.165) is 28.8 Å². The van der Waals surface area contributed by atoms with Crippen LogP contribution in [-0.4, -0.2) is 44.7 Å². The molecule has 1 aliphatic heterocycles. The number of benzene rings is 1. The molecule has 10 heteroatoms. The molecule has 1 atom stereocenters. The molecule has 1 aliphatic rings. The number of hydrogen-bond acceptors (Lipinski definition) is 9. The van der Waals surface area contributed by atoms with Crippen molar-refractivity contribution < 1.29 is 18.4 Å². The number of hydrazone groups is 1. The van der Waals surface area contributed by atoms with Crippen molar-refractivity contribution in [3.05, 3.63) is 78.5 Å². The maximum atomic E-state index is 13.1. The molecule has 1 aromatic carbocycles. The van der Waals surface area contributed by atoms with Crippen molar-refractivity contribution >= 4 is 23.4 Å². The van der Waals surface area contributed by atoms with Gasteiger partial charge in [0.05, 0.1) is 30.4 Å². The van der Waals surface area contributed by atoms with E-state index in [2.05, 4.69) is 20.3 Å². The summed E-state index contributed by atoms with van der Waals surface area (Å²) in [7, 11) is 1.62. The Labute approximate surface area is 193 Å². The van der Waals surface area contributed by atoms with Gasteiger partial charge in [-0.15, -0.1) is 10.2 Å². The Morgan fingerprint density at radius 3 is 2.76 bits per heavy atom. The van der Waals surface area contributed by atoms with Crippen molar-refractivity contribution in [1.29, 1.82) is 0 Å². The number of furan rings is 1. The zero-order valence-corrected chi connectivity index (χ0v) is 18.4. The van der Waals surface area contributed by atoms with Gasteiger partial charge in [-0.25, -0.2) is 5.01 Å². The maximum absolute atomic E-state index is 13.1. The van der Waals surface area contributed by atoms with Gasteiger partial charge in [0, 0.05) is 18.8 Å². The quantitative estimate of drug-likeness (QED) is 0.377. The van der Waals surface area contributed by atoms with E-state index >= 15 is 0 Å². The lowest BCUT2D eigenvalue weighted by molar-refractivity contribution is -0.130. The number of amides is 1. The van der Waals surface area contributed by atoms with Gasteiger partial charge in [-0.05, 0) is 54.1 Å². The van der Waals surface area contributed by atoms with E-state index in [1.54, 1.807) is 37.9 Å². The van der Waals surface area contributed by atoms with E-state index in [9.17, 15) is 4.79 Å². The molecule has 166 valence electrons. The monoisotopic (exact) mass is 461 g/mol. The fourth-order valence-corrected chi connectivity index (χ4v) is 4.08. The van der Waals surface area contributed by atoms with Crippen molar-refractivity contribution in [2.75, 3.05) is 12.9 Å². The summed E-state index contributed by atoms with van der Waals surface area (Å²) in [6, 6.07) is 14.5. The van der Waals surface area contributed by atoms with E-state index < -0.39 is 0 Å². The highest BCUT2D eigenvalue weighted by Crippen LogP contribution is 2.34. The minimum absolute atomic E-state index is 0.0886. The first-order valence-electron chi connectivity index (χ1n) is 10.2. The van der Waals surface area contributed by atoms with Crippen molar-refractivity contribution in [2.45, 2.75) is 17.7 Å². The van der Waals surface area contributed by atoms with Gasteiger partial charge in [0.2, 0.25) is 5.89 Å². The van der Waals surface area contributed by atoms with Gasteiger partial charge in [-0.1, -0.05) is 11.8 Å². The lowest BCUT2D eigenvalue weighted by Crippen LogP contribution is -2.28. The molecule has 4 aromatic rings. The Kier molecular flexibility index (Phi) is 5.90. The molecule has 33 heavy (non-hydrogen) atoms. The molecule has 9 nitrogen and oxygen atoms in total. The summed E-state index contributed by atoms with van der Waals surface area (Å²) >= 11 is 1.16. The highest BCUT2D eigenvalue weighted by Gasteiger charge is 2.35. The average molecular weight is 462 g/mol. The fourth-order valence-electron chi connectivity index (χ4n) is 3.46. The third-order valence-corrected chi connectivity index (χ3v) is 5.90. The van der Waals surface area contributed by atoms with Crippen LogP contribution in [0.2, 0.25) is 0 Å². The average Bonchev–Trinajstić information content (AvgIpc) is 3.64. The third-order valence-electron chi connectivity index (χ3n) is 5.09. The molecule has 0 radical (unpaired) electrons. The normalized spacial score (nSPS) is 15.5. The van der Waals surface area contributed by atoms with Gasteiger partial charge in [0.25, 0.3) is 11.1 Å². The molecule has 0 saturated carbocycles. The van der Waals surface area contributed by atoms with Gasteiger partial charge in [0.15, 0.2) is 0 Å². The summed E-state index contributed by atoms with van der Waals surface area (Å²) in [6.07, 6.45) is 5.44. The van der Waals surface area contributed by atoms with E-state index in [0.29, 0.717) is 28.9 Å². The summed E-state index contributed by atoms with van der Waals surface area (Å²) in [4.78, 5) is 17.2. The first-order chi connectivity index (χ1) is 16.2. The minimum atomic E-state index is -0.321. The van der Waals surface area contributed by atoms with Crippen LogP contribution in [0.15, 0.2) is 86.3 Å². The number of carbonyl (C=O) groups is 1. The Hall–Kier alpha value is -3.92. The van der Waals surface area contributed by atoms with Crippen LogP contribution in [0, 0.1) is 0 Å². The van der Waals surface area contributed by atoms with Crippen LogP contribution in [0.25, 0.3) is 11.5 Å². The smallest absolute Gasteiger partial charge is 0.277 e. The van der Waals surface area contributed by atoms with Gasteiger partial charge < -0.3 is 13.6 Å². The third kappa shape index (κ3) is 4.51. The molecule has 4 heterocycles. The molecule has 0 saturated heterocycles. The van der Waals surface area contributed by atoms with Crippen molar-refractivity contribution in [3.63, 3.8) is 0 Å². The second kappa shape index (κ2) is 9.29. The SMILES string of the molecule is COc1ccc(C2=NN(C(=O)CSc3nnc(-c4cccnc4)o3)[C@H](c3ccco3)C2)cc1. The maximum Gasteiger partial charge on any atom is 0.277 e. The molecule has 0 spiro atoms. The molecule has 0 N–H and O–H groups in total. The molecular formula is C23H19N5O4S. The van der Waals surface area contributed by atoms with Crippen LogP contribution >= 0.6 is 11.8 Å². The topological polar surface area (TPSA) is 107 Å². The number of carbonyl (C=O) groups excluding carboxylic acids is 1. The number of aromatic nitrogens is 3. The fraction of sp³-hybridized carbons (Fsp3) is 0.174. The van der Waals surface area contributed by atoms with Crippen molar-refractivity contribution in [3.8, 4) is 17.2 Å². The van der Waals surface area contributed by atoms with Crippen molar-refractivity contribution in [1.82, 2.24) is 20.2 Å². The Balaban J connectivity index is 1.32. The van der Waals surface area contributed by atoms with Crippen LogP contribution in [0.1, 0.15) is 23.8 Å². The molecule has 0 unspecified atom stereocenters. The molecule has 1 amide bonds. The number of nitrogens with zero attached hydrogens (tertiary/aromatic N) is 5. The summed E-state index contributed by atoms with van der Waals surface area (Å²) in [5.74, 6) is 1.69. The number of methoxy groups -OCH3 is 1. The zero-order valence-electron chi connectivity index (χ0n) is 17.6. The van der Waals surface area contributed by atoms with Crippen LogP contribution < -0.4 is 4.74 Å². The predicted octanol–water partition coefficient (Wildman–Crippen LogP) is 4.20. The predicted molar refractivity (Wildman–Crippen MR) is 121 cm³/mol. The second-order valence-electron chi connectivity index (χ2n) is 7.15. The van der Waals surface area contributed by atoms with E-state index in [4.69, 9.17) is 13.6 Å². The van der Waals surface area contributed by atoms with Crippen LogP contribution in [0.3, 0.4) is 0 Å². The van der Waals surface area contributed by atoms with Crippen LogP contribution in [0.5, 0.6) is 5.75 Å². The summed E-state index contributed by atoms with van der Waals surface area (Å²) in [5, 5.41) is 14.5. The standard InChI is InChI=1S/C23H19N5O4S/c1-30-17-8-6-15(7-9-17)18-12-19(20-5-3-11-31-20)28(27-18)21(29)14-33-23-26-25-22(32-23)16-4-2-10-24-13-16/h2-11,13,19H,12,14H2,1H3/t19-/m0/s1. The van der Waals surface area contributed by atoms with Gasteiger partial charge in [-0.2, -0.15) is 5.10 Å². The summed E-state index contributed by atoms with van der Waals surface area (Å²) in [5.41, 5.74) is 2.44. The van der Waals surface area contributed by atoms with Gasteiger partial charge in [-0.3, -0.25) is 9.78 Å². The molecule has 0 bridgehead atoms. The summed E-state index contributed by atoms with van der Waals surface area (Å²) in [6.45, 7) is 0. The molecule has 5 rings (SSSR count). The molecule has 3 aromatic heterocycles. The zero-order chi connectivity index (χ0) is 22.6. The van der Waals surface area contributed by atoms with Gasteiger partial charge in [0.1, 0.15) is 17.6 Å². The minimum Gasteiger partial charge on any atom is -0.497 e. The Bertz CT molecular complexity index is 1260. The number of rotatable bonds is 7. The largest absolute Gasteiger partial charge is 0.497 e. The molecule has 0 fully saturated rings. The highest BCUT2D eigenvalue weighted by molar-refractivity contribution is 7.99. The Morgan fingerprint density at radius 2 is 2.03 bits per heavy atom. The summed E-state index contributed by atoms with van der Waals surface area (Å²) < 4.78 is 16.5. The van der Waals surface area contributed by atoms with Crippen LogP contribution in [-0.2, 0) is 4.79 Å². The number of ether oxygens (including phenoxy) is 1. The first kappa shape index (κ1) is 21.0. The lowest BCUT2D eigenvalue weighted by atomic mass is 10.0. The van der Waals surface area contributed by atoms with E-state index in [1.165, 1.54) is 5.01 Å². The molecule has 0 aliphatic carbocycles. The highest BCUT2D eigenvalue weighted by atomic mass is 32.2. The number of hydrogen-bond donors (Lipinski definition) is 0. The van der Waals surface area contributed by atoms with E-state index in [1.807, 2.05) is 36.4 Å². The van der Waals surface area contributed by atoms with Gasteiger partial charge >= 0.3 is 0 Å². The lowest BCUT2D eigenvalue weighted by Gasteiger charge is -2.19. The first-order valence-corrected chi connectivity index (χ1v) is 11.1. The number of thioether (sulfide) groups is 1.